The average Bonchev–Trinajstić information content (AvgIpc) is 2.85. The van der Waals surface area contributed by atoms with Crippen molar-refractivity contribution in [1.29, 1.82) is 0 Å². The second-order valence-electron chi connectivity index (χ2n) is 7.19. The Kier molecular flexibility index (Phi) is 8.50. The van der Waals surface area contributed by atoms with Crippen molar-refractivity contribution in [2.24, 2.45) is 5.73 Å². The van der Waals surface area contributed by atoms with E-state index in [1.54, 1.807) is 13.8 Å². The van der Waals surface area contributed by atoms with Crippen molar-refractivity contribution in [3.05, 3.63) is 0 Å². The second-order valence-corrected chi connectivity index (χ2v) is 7.19. The van der Waals surface area contributed by atoms with Crippen LogP contribution in [-0.4, -0.2) is 43.5 Å². The summed E-state index contributed by atoms with van der Waals surface area (Å²) in [5.74, 6) is -2.11. The molecule has 8 heteroatoms. The van der Waals surface area contributed by atoms with Crippen LogP contribution in [0.5, 0.6) is 0 Å². The van der Waals surface area contributed by atoms with Gasteiger partial charge in [-0.1, -0.05) is 45.4 Å². The van der Waals surface area contributed by atoms with E-state index < -0.39 is 17.7 Å². The molecule has 8 nitrogen and oxygen atoms in total. The number of fused-ring (bicyclic) bond motifs is 1. The highest BCUT2D eigenvalue weighted by atomic mass is 17.7. The molecule has 2 rings (SSSR count). The van der Waals surface area contributed by atoms with Crippen LogP contribution in [0.2, 0.25) is 0 Å². The van der Waals surface area contributed by atoms with Crippen LogP contribution in [-0.2, 0) is 34.1 Å². The summed E-state index contributed by atoms with van der Waals surface area (Å²) in [5, 5.41) is 9.35. The van der Waals surface area contributed by atoms with Crippen molar-refractivity contribution in [2.75, 3.05) is 19.8 Å². The van der Waals surface area contributed by atoms with Gasteiger partial charge >= 0.3 is 0 Å². The van der Waals surface area contributed by atoms with Gasteiger partial charge < -0.3 is 19.9 Å². The average molecular weight is 363 g/mol. The molecule has 0 radical (unpaired) electrons. The maximum Gasteiger partial charge on any atom is 0.258 e. The minimum absolute atomic E-state index is 0.135. The number of hydrogen-bond donors (Lipinski definition) is 1. The van der Waals surface area contributed by atoms with Crippen molar-refractivity contribution in [2.45, 2.75) is 89.4 Å². The van der Waals surface area contributed by atoms with Gasteiger partial charge in [0.2, 0.25) is 0 Å². The molecule has 2 saturated heterocycles. The lowest BCUT2D eigenvalue weighted by atomic mass is 10.0. The van der Waals surface area contributed by atoms with E-state index >= 15 is 0 Å². The molecule has 0 saturated carbocycles. The van der Waals surface area contributed by atoms with E-state index in [9.17, 15) is 0 Å². The third kappa shape index (κ3) is 6.41. The zero-order chi connectivity index (χ0) is 18.2. The lowest BCUT2D eigenvalue weighted by molar-refractivity contribution is -0.668. The molecule has 148 valence electrons. The van der Waals surface area contributed by atoms with Crippen molar-refractivity contribution in [1.82, 2.24) is 0 Å². The molecule has 3 atom stereocenters. The van der Waals surface area contributed by atoms with Gasteiger partial charge in [-0.15, -0.1) is 0 Å². The van der Waals surface area contributed by atoms with Crippen LogP contribution in [0.15, 0.2) is 0 Å². The molecule has 2 aliphatic heterocycles. The Bertz CT molecular complexity index is 382. The third-order valence-corrected chi connectivity index (χ3v) is 4.35. The number of nitrogens with two attached hydrogens (primary N) is 1. The SMILES string of the molecule is CCCCCCCCCOOOOC12COCC(N)C1OC(C)(C)O2. The smallest absolute Gasteiger partial charge is 0.258 e. The fraction of sp³-hybridized carbons (Fsp3) is 1.00. The van der Waals surface area contributed by atoms with Crippen molar-refractivity contribution >= 4 is 0 Å². The van der Waals surface area contributed by atoms with Crippen LogP contribution in [0.3, 0.4) is 0 Å². The van der Waals surface area contributed by atoms with E-state index in [1.165, 1.54) is 32.1 Å². The summed E-state index contributed by atoms with van der Waals surface area (Å²) < 4.78 is 17.0. The molecule has 0 aliphatic carbocycles. The number of rotatable bonds is 12. The number of unbranched alkanes of at least 4 members (excludes halogenated alkanes) is 6. The largest absolute Gasteiger partial charge is 0.374 e. The van der Waals surface area contributed by atoms with Gasteiger partial charge in [-0.05, 0) is 30.3 Å². The summed E-state index contributed by atoms with van der Waals surface area (Å²) in [6.07, 6.45) is 7.85. The first-order valence-corrected chi connectivity index (χ1v) is 9.34. The maximum absolute atomic E-state index is 6.02. The Morgan fingerprint density at radius 1 is 1.04 bits per heavy atom. The van der Waals surface area contributed by atoms with Gasteiger partial charge in [0, 0.05) is 0 Å². The maximum atomic E-state index is 6.02. The molecule has 3 unspecified atom stereocenters. The van der Waals surface area contributed by atoms with E-state index in [4.69, 9.17) is 34.8 Å². The molecule has 0 aromatic heterocycles. The van der Waals surface area contributed by atoms with E-state index in [2.05, 4.69) is 12.0 Å². The zero-order valence-electron chi connectivity index (χ0n) is 15.7. The van der Waals surface area contributed by atoms with Gasteiger partial charge in [0.15, 0.2) is 5.79 Å². The summed E-state index contributed by atoms with van der Waals surface area (Å²) in [6.45, 7) is 6.71. The summed E-state index contributed by atoms with van der Waals surface area (Å²) in [4.78, 5) is 10.2. The molecule has 25 heavy (non-hydrogen) atoms. The van der Waals surface area contributed by atoms with Gasteiger partial charge in [0.25, 0.3) is 5.79 Å². The summed E-state index contributed by atoms with van der Waals surface area (Å²) in [6, 6.07) is -0.382. The number of hydrogen-bond acceptors (Lipinski definition) is 8. The Hall–Kier alpha value is -0.320. The minimum atomic E-state index is -1.26. The third-order valence-electron chi connectivity index (χ3n) is 4.35. The molecule has 0 spiro atoms. The lowest BCUT2D eigenvalue weighted by Crippen LogP contribution is -2.60. The van der Waals surface area contributed by atoms with E-state index in [1.807, 2.05) is 0 Å². The monoisotopic (exact) mass is 363 g/mol. The van der Waals surface area contributed by atoms with Crippen LogP contribution < -0.4 is 5.73 Å². The molecule has 2 N–H and O–H groups in total. The summed E-state index contributed by atoms with van der Waals surface area (Å²) in [5.41, 5.74) is 6.02. The first kappa shape index (κ1) is 21.0. The Morgan fingerprint density at radius 2 is 1.76 bits per heavy atom. The van der Waals surface area contributed by atoms with Crippen LogP contribution in [0.4, 0.5) is 0 Å². The van der Waals surface area contributed by atoms with Gasteiger partial charge in [0.05, 0.1) is 19.3 Å². The molecule has 0 bridgehead atoms. The van der Waals surface area contributed by atoms with Crippen molar-refractivity contribution in [3.63, 3.8) is 0 Å². The van der Waals surface area contributed by atoms with E-state index in [-0.39, 0.29) is 12.6 Å². The highest BCUT2D eigenvalue weighted by Crippen LogP contribution is 2.41. The normalized spacial score (nSPS) is 31.2. The molecular formula is C17H33NO7. The summed E-state index contributed by atoms with van der Waals surface area (Å²) in [7, 11) is 0. The molecule has 0 aromatic rings. The second kappa shape index (κ2) is 10.1. The van der Waals surface area contributed by atoms with E-state index in [0.29, 0.717) is 13.2 Å². The zero-order valence-corrected chi connectivity index (χ0v) is 15.7. The highest BCUT2D eigenvalue weighted by molar-refractivity contribution is 4.97. The molecule has 0 aromatic carbocycles. The standard InChI is InChI=1S/C17H33NO7/c1-4-5-6-7-8-9-10-11-20-24-25-23-17-13-19-12-14(18)15(17)21-16(2,3)22-17/h14-15H,4-13,18H2,1-3H3. The molecule has 2 fully saturated rings. The highest BCUT2D eigenvalue weighted by Gasteiger charge is 2.60. The fourth-order valence-electron chi connectivity index (χ4n) is 3.18. The first-order valence-electron chi connectivity index (χ1n) is 9.34. The van der Waals surface area contributed by atoms with Crippen LogP contribution >= 0.6 is 0 Å². The fourth-order valence-corrected chi connectivity index (χ4v) is 3.18. The Balaban J connectivity index is 1.58. The van der Waals surface area contributed by atoms with Crippen LogP contribution in [0.25, 0.3) is 0 Å². The minimum Gasteiger partial charge on any atom is -0.374 e. The van der Waals surface area contributed by atoms with Crippen molar-refractivity contribution < 1.29 is 34.1 Å². The molecule has 2 aliphatic rings. The molecule has 0 amide bonds. The molecular weight excluding hydrogens is 330 g/mol. The topological polar surface area (TPSA) is 90.6 Å². The van der Waals surface area contributed by atoms with Crippen molar-refractivity contribution in [3.8, 4) is 0 Å². The number of ether oxygens (including phenoxy) is 3. The molecule has 2 heterocycles. The Labute approximate surface area is 149 Å². The summed E-state index contributed by atoms with van der Waals surface area (Å²) >= 11 is 0. The lowest BCUT2D eigenvalue weighted by Gasteiger charge is -2.36. The van der Waals surface area contributed by atoms with Gasteiger partial charge in [-0.3, -0.25) is 0 Å². The van der Waals surface area contributed by atoms with Gasteiger partial charge in [-0.25, -0.2) is 4.89 Å². The quantitative estimate of drug-likeness (QED) is 0.321. The van der Waals surface area contributed by atoms with Crippen LogP contribution in [0, 0.1) is 0 Å². The Morgan fingerprint density at radius 3 is 2.52 bits per heavy atom. The predicted molar refractivity (Wildman–Crippen MR) is 88.8 cm³/mol. The van der Waals surface area contributed by atoms with E-state index in [0.717, 1.165) is 12.8 Å². The van der Waals surface area contributed by atoms with Gasteiger partial charge in [-0.2, -0.15) is 4.89 Å². The van der Waals surface area contributed by atoms with Crippen LogP contribution in [0.1, 0.15) is 65.7 Å². The first-order chi connectivity index (χ1) is 12.0. The predicted octanol–water partition coefficient (Wildman–Crippen LogP) is 2.75. The van der Waals surface area contributed by atoms with Gasteiger partial charge in [0.1, 0.15) is 12.7 Å².